The molecule has 0 spiro atoms. The highest BCUT2D eigenvalue weighted by atomic mass is 35.5. The molecule has 0 aliphatic carbocycles. The Hall–Kier alpha value is -1.96. The second kappa shape index (κ2) is 7.34. The van der Waals surface area contributed by atoms with E-state index >= 15 is 0 Å². The van der Waals surface area contributed by atoms with Crippen molar-refractivity contribution in [3.8, 4) is 5.75 Å². The van der Waals surface area contributed by atoms with Crippen LogP contribution in [0.3, 0.4) is 0 Å². The average molecular weight is 415 g/mol. The van der Waals surface area contributed by atoms with Crippen molar-refractivity contribution in [1.82, 2.24) is 0 Å². The minimum atomic E-state index is -3.50. The first-order valence-corrected chi connectivity index (χ1v) is 10.3. The summed E-state index contributed by atoms with van der Waals surface area (Å²) >= 11 is 11.9. The van der Waals surface area contributed by atoms with Gasteiger partial charge in [-0.2, -0.15) is 0 Å². The van der Waals surface area contributed by atoms with Crippen molar-refractivity contribution in [2.45, 2.75) is 12.5 Å². The molecule has 9 heteroatoms. The van der Waals surface area contributed by atoms with Gasteiger partial charge in [-0.15, -0.1) is 0 Å². The number of halogens is 2. The number of sulfonamides is 1. The summed E-state index contributed by atoms with van der Waals surface area (Å²) in [5.41, 5.74) is 0.852. The van der Waals surface area contributed by atoms with Crippen molar-refractivity contribution >= 4 is 50.5 Å². The van der Waals surface area contributed by atoms with Crippen LogP contribution in [-0.4, -0.2) is 33.2 Å². The van der Waals surface area contributed by atoms with Crippen LogP contribution in [-0.2, 0) is 14.8 Å². The van der Waals surface area contributed by atoms with Gasteiger partial charge in [-0.3, -0.25) is 9.10 Å². The average Bonchev–Trinajstić information content (AvgIpc) is 2.73. The molecule has 0 saturated carbocycles. The van der Waals surface area contributed by atoms with Crippen molar-refractivity contribution in [2.75, 3.05) is 22.4 Å². The van der Waals surface area contributed by atoms with E-state index in [1.807, 2.05) is 0 Å². The number of rotatable bonds is 3. The molecular formula is C17H16Cl2N2O4S. The second-order valence-corrected chi connectivity index (χ2v) is 8.63. The molecule has 6 nitrogen and oxygen atoms in total. The Morgan fingerprint density at radius 1 is 1.19 bits per heavy atom. The fraction of sp³-hybridized carbons (Fsp3) is 0.235. The maximum Gasteiger partial charge on any atom is 0.265 e. The number of benzene rings is 2. The van der Waals surface area contributed by atoms with Crippen LogP contribution in [0.15, 0.2) is 42.5 Å². The van der Waals surface area contributed by atoms with Crippen molar-refractivity contribution in [2.24, 2.45) is 0 Å². The van der Waals surface area contributed by atoms with Gasteiger partial charge in [-0.05, 0) is 30.3 Å². The third-order valence-corrected chi connectivity index (χ3v) is 5.44. The topological polar surface area (TPSA) is 75.7 Å². The Kier molecular flexibility index (Phi) is 5.32. The fourth-order valence-electron chi connectivity index (χ4n) is 2.71. The van der Waals surface area contributed by atoms with Crippen molar-refractivity contribution < 1.29 is 17.9 Å². The van der Waals surface area contributed by atoms with E-state index in [0.717, 1.165) is 6.26 Å². The first-order chi connectivity index (χ1) is 12.2. The molecule has 1 aliphatic rings. The summed E-state index contributed by atoms with van der Waals surface area (Å²) < 4.78 is 31.2. The number of nitrogens with one attached hydrogen (secondary N) is 1. The van der Waals surface area contributed by atoms with Crippen molar-refractivity contribution in [3.05, 3.63) is 52.5 Å². The van der Waals surface area contributed by atoms with E-state index in [-0.39, 0.29) is 13.0 Å². The zero-order chi connectivity index (χ0) is 18.9. The van der Waals surface area contributed by atoms with Crippen LogP contribution in [0.4, 0.5) is 11.4 Å². The van der Waals surface area contributed by atoms with E-state index in [1.54, 1.807) is 42.5 Å². The van der Waals surface area contributed by atoms with Crippen molar-refractivity contribution in [1.29, 1.82) is 0 Å². The SMILES string of the molecule is CS(=O)(=O)N1CC[C@@H](C(=O)Nc2cc(Cl)cc(Cl)c2)Oc2ccccc21. The van der Waals surface area contributed by atoms with Crippen LogP contribution in [0.25, 0.3) is 0 Å². The summed E-state index contributed by atoms with van der Waals surface area (Å²) in [5.74, 6) is -0.0758. The molecule has 0 fully saturated rings. The number of para-hydroxylation sites is 2. The van der Waals surface area contributed by atoms with E-state index in [0.29, 0.717) is 27.2 Å². The number of carbonyl (C=O) groups excluding carboxylic acids is 1. The second-order valence-electron chi connectivity index (χ2n) is 5.85. The minimum Gasteiger partial charge on any atom is -0.478 e. The standard InChI is InChI=1S/C17H16Cl2N2O4S/c1-26(23,24)21-7-6-16(25-15-5-3-2-4-14(15)21)17(22)20-13-9-11(18)8-12(19)10-13/h2-5,8-10,16H,6-7H2,1H3,(H,20,22)/t16-/m0/s1. The van der Waals surface area contributed by atoms with Crippen LogP contribution < -0.4 is 14.4 Å². The normalized spacial score (nSPS) is 17.0. The van der Waals surface area contributed by atoms with Gasteiger partial charge in [0, 0.05) is 28.7 Å². The van der Waals surface area contributed by atoms with Crippen molar-refractivity contribution in [3.63, 3.8) is 0 Å². The highest BCUT2D eigenvalue weighted by Crippen LogP contribution is 2.34. The molecular weight excluding hydrogens is 399 g/mol. The number of anilines is 2. The van der Waals surface area contributed by atoms with Crippen LogP contribution in [0.5, 0.6) is 5.75 Å². The molecule has 1 aliphatic heterocycles. The largest absolute Gasteiger partial charge is 0.478 e. The van der Waals surface area contributed by atoms with Gasteiger partial charge in [0.15, 0.2) is 6.10 Å². The molecule has 0 aromatic heterocycles. The number of hydrogen-bond acceptors (Lipinski definition) is 4. The molecule has 138 valence electrons. The van der Waals surface area contributed by atoms with Gasteiger partial charge in [0.05, 0.1) is 11.9 Å². The third-order valence-electron chi connectivity index (χ3n) is 3.82. The summed E-state index contributed by atoms with van der Waals surface area (Å²) in [7, 11) is -3.50. The number of hydrogen-bond donors (Lipinski definition) is 1. The van der Waals surface area contributed by atoms with Crippen LogP contribution in [0.2, 0.25) is 10.0 Å². The third kappa shape index (κ3) is 4.23. The fourth-order valence-corrected chi connectivity index (χ4v) is 4.18. The number of nitrogens with zero attached hydrogens (tertiary/aromatic N) is 1. The first-order valence-electron chi connectivity index (χ1n) is 7.74. The molecule has 1 heterocycles. The maximum absolute atomic E-state index is 12.6. The summed E-state index contributed by atoms with van der Waals surface area (Å²) in [6.45, 7) is 0.129. The molecule has 0 radical (unpaired) electrons. The van der Waals surface area contributed by atoms with Gasteiger partial charge >= 0.3 is 0 Å². The van der Waals surface area contributed by atoms with E-state index in [9.17, 15) is 13.2 Å². The molecule has 1 N–H and O–H groups in total. The Balaban J connectivity index is 1.85. The summed E-state index contributed by atoms with van der Waals surface area (Å²) in [4.78, 5) is 12.6. The number of fused-ring (bicyclic) bond motifs is 1. The summed E-state index contributed by atoms with van der Waals surface area (Å²) in [5, 5.41) is 3.49. The minimum absolute atomic E-state index is 0.129. The van der Waals surface area contributed by atoms with Gasteiger partial charge in [-0.1, -0.05) is 35.3 Å². The van der Waals surface area contributed by atoms with Gasteiger partial charge in [0.2, 0.25) is 10.0 Å². The lowest BCUT2D eigenvalue weighted by molar-refractivity contribution is -0.122. The molecule has 0 saturated heterocycles. The summed E-state index contributed by atoms with van der Waals surface area (Å²) in [6, 6.07) is 11.4. The Labute approximate surface area is 161 Å². The Morgan fingerprint density at radius 2 is 1.85 bits per heavy atom. The van der Waals surface area contributed by atoms with E-state index < -0.39 is 22.0 Å². The van der Waals surface area contributed by atoms with Crippen LogP contribution >= 0.6 is 23.2 Å². The van der Waals surface area contributed by atoms with Gasteiger partial charge in [0.25, 0.3) is 5.91 Å². The molecule has 0 bridgehead atoms. The molecule has 1 atom stereocenters. The number of ether oxygens (including phenoxy) is 1. The summed E-state index contributed by atoms with van der Waals surface area (Å²) in [6.07, 6.45) is 0.459. The molecule has 1 amide bonds. The van der Waals surface area contributed by atoms with Gasteiger partial charge < -0.3 is 10.1 Å². The highest BCUT2D eigenvalue weighted by Gasteiger charge is 2.31. The Bertz CT molecular complexity index is 929. The zero-order valence-corrected chi connectivity index (χ0v) is 16.1. The van der Waals surface area contributed by atoms with Gasteiger partial charge in [-0.25, -0.2) is 8.42 Å². The zero-order valence-electron chi connectivity index (χ0n) is 13.8. The predicted molar refractivity (Wildman–Crippen MR) is 103 cm³/mol. The van der Waals surface area contributed by atoms with E-state index in [4.69, 9.17) is 27.9 Å². The monoisotopic (exact) mass is 414 g/mol. The highest BCUT2D eigenvalue weighted by molar-refractivity contribution is 7.92. The van der Waals surface area contributed by atoms with E-state index in [1.165, 1.54) is 4.31 Å². The maximum atomic E-state index is 12.6. The lowest BCUT2D eigenvalue weighted by Crippen LogP contribution is -2.35. The molecule has 26 heavy (non-hydrogen) atoms. The quantitative estimate of drug-likeness (QED) is 0.832. The predicted octanol–water partition coefficient (Wildman–Crippen LogP) is 3.55. The Morgan fingerprint density at radius 3 is 2.50 bits per heavy atom. The van der Waals surface area contributed by atoms with Gasteiger partial charge in [0.1, 0.15) is 5.75 Å². The smallest absolute Gasteiger partial charge is 0.265 e. The number of carbonyl (C=O) groups is 1. The number of amides is 1. The molecule has 2 aromatic carbocycles. The van der Waals surface area contributed by atoms with E-state index in [2.05, 4.69) is 5.32 Å². The van der Waals surface area contributed by atoms with Crippen LogP contribution in [0, 0.1) is 0 Å². The molecule has 3 rings (SSSR count). The van der Waals surface area contributed by atoms with Crippen LogP contribution in [0.1, 0.15) is 6.42 Å². The molecule has 2 aromatic rings. The molecule has 0 unspecified atom stereocenters. The first kappa shape index (κ1) is 18.8. The lowest BCUT2D eigenvalue weighted by atomic mass is 10.2. The lowest BCUT2D eigenvalue weighted by Gasteiger charge is -2.20.